The average Bonchev–Trinajstić information content (AvgIpc) is 2.98. The maximum atomic E-state index is 13.4. The van der Waals surface area contributed by atoms with Crippen molar-refractivity contribution in [2.45, 2.75) is 5.37 Å². The number of hydrogen-bond donors (Lipinski definition) is 0. The third-order valence-electron chi connectivity index (χ3n) is 3.55. The zero-order valence-electron chi connectivity index (χ0n) is 11.7. The topological polar surface area (TPSA) is 20.3 Å². The standard InChI is InChI=1S/C16H11Cl2F2NOS/c17-10-2-3-11(12(18)8-10)16-21(5-6-23-16)15(22)9-1-4-13(19)14(20)7-9/h1-4,7-8,16H,5-6H2. The van der Waals surface area contributed by atoms with Gasteiger partial charge in [0.25, 0.3) is 5.91 Å². The molecule has 2 nitrogen and oxygen atoms in total. The maximum absolute atomic E-state index is 13.4. The van der Waals surface area contributed by atoms with Gasteiger partial charge in [0, 0.05) is 33.5 Å². The lowest BCUT2D eigenvalue weighted by atomic mass is 10.1. The molecule has 1 aliphatic heterocycles. The highest BCUT2D eigenvalue weighted by Crippen LogP contribution is 2.42. The van der Waals surface area contributed by atoms with Crippen molar-refractivity contribution in [2.75, 3.05) is 12.3 Å². The Kier molecular flexibility index (Phi) is 4.80. The van der Waals surface area contributed by atoms with Crippen molar-refractivity contribution in [3.8, 4) is 0 Å². The van der Waals surface area contributed by atoms with Gasteiger partial charge in [-0.1, -0.05) is 29.3 Å². The second kappa shape index (κ2) is 6.67. The van der Waals surface area contributed by atoms with Gasteiger partial charge in [-0.15, -0.1) is 11.8 Å². The van der Waals surface area contributed by atoms with E-state index in [2.05, 4.69) is 0 Å². The Morgan fingerprint density at radius 3 is 2.61 bits per heavy atom. The van der Waals surface area contributed by atoms with Crippen LogP contribution in [0.3, 0.4) is 0 Å². The number of hydrogen-bond acceptors (Lipinski definition) is 2. The third-order valence-corrected chi connectivity index (χ3v) is 5.35. The molecule has 1 unspecified atom stereocenters. The molecular formula is C16H11Cl2F2NOS. The van der Waals surface area contributed by atoms with E-state index in [-0.39, 0.29) is 16.8 Å². The van der Waals surface area contributed by atoms with E-state index in [9.17, 15) is 13.6 Å². The predicted octanol–water partition coefficient (Wildman–Crippen LogP) is 5.16. The van der Waals surface area contributed by atoms with Crippen LogP contribution in [0.1, 0.15) is 21.3 Å². The van der Waals surface area contributed by atoms with E-state index in [1.165, 1.54) is 6.07 Å². The molecule has 2 aromatic carbocycles. The van der Waals surface area contributed by atoms with E-state index in [0.717, 1.165) is 23.4 Å². The maximum Gasteiger partial charge on any atom is 0.255 e. The first-order valence-corrected chi connectivity index (χ1v) is 8.60. The molecule has 23 heavy (non-hydrogen) atoms. The molecule has 1 aliphatic rings. The summed E-state index contributed by atoms with van der Waals surface area (Å²) in [6.07, 6.45) is 0. The van der Waals surface area contributed by atoms with E-state index >= 15 is 0 Å². The number of carbonyl (C=O) groups excluding carboxylic acids is 1. The Hall–Kier alpha value is -1.30. The summed E-state index contributed by atoms with van der Waals surface area (Å²) in [6.45, 7) is 0.506. The van der Waals surface area contributed by atoms with Crippen LogP contribution in [-0.2, 0) is 0 Å². The van der Waals surface area contributed by atoms with E-state index in [4.69, 9.17) is 23.2 Å². The molecule has 0 saturated carbocycles. The molecule has 1 heterocycles. The number of thioether (sulfide) groups is 1. The smallest absolute Gasteiger partial charge is 0.255 e. The van der Waals surface area contributed by atoms with E-state index in [0.29, 0.717) is 16.6 Å². The minimum Gasteiger partial charge on any atom is -0.322 e. The number of benzene rings is 2. The molecule has 7 heteroatoms. The second-order valence-corrected chi connectivity index (χ2v) is 7.05. The first kappa shape index (κ1) is 16.6. The average molecular weight is 374 g/mol. The van der Waals surface area contributed by atoms with Gasteiger partial charge in [0.05, 0.1) is 0 Å². The van der Waals surface area contributed by atoms with Crippen LogP contribution in [0.15, 0.2) is 36.4 Å². The number of halogens is 4. The molecule has 1 fully saturated rings. The predicted molar refractivity (Wildman–Crippen MR) is 89.1 cm³/mol. The largest absolute Gasteiger partial charge is 0.322 e. The lowest BCUT2D eigenvalue weighted by molar-refractivity contribution is 0.0760. The molecule has 0 aromatic heterocycles. The van der Waals surface area contributed by atoms with Crippen molar-refractivity contribution in [1.29, 1.82) is 0 Å². The number of nitrogens with zero attached hydrogens (tertiary/aromatic N) is 1. The van der Waals surface area contributed by atoms with Crippen LogP contribution in [0.5, 0.6) is 0 Å². The van der Waals surface area contributed by atoms with Crippen LogP contribution < -0.4 is 0 Å². The Balaban J connectivity index is 1.91. The summed E-state index contributed by atoms with van der Waals surface area (Å²) in [5.41, 5.74) is 0.885. The van der Waals surface area contributed by atoms with Gasteiger partial charge in [-0.3, -0.25) is 4.79 Å². The molecule has 0 N–H and O–H groups in total. The quantitative estimate of drug-likeness (QED) is 0.724. The minimum atomic E-state index is -1.04. The first-order chi connectivity index (χ1) is 11.0. The van der Waals surface area contributed by atoms with Crippen LogP contribution in [0.25, 0.3) is 0 Å². The van der Waals surface area contributed by atoms with Crippen molar-refractivity contribution in [3.63, 3.8) is 0 Å². The highest BCUT2D eigenvalue weighted by atomic mass is 35.5. The molecule has 0 aliphatic carbocycles. The summed E-state index contributed by atoms with van der Waals surface area (Å²) >= 11 is 13.7. The summed E-state index contributed by atoms with van der Waals surface area (Å²) in [4.78, 5) is 14.2. The van der Waals surface area contributed by atoms with E-state index in [1.54, 1.807) is 34.9 Å². The summed E-state index contributed by atoms with van der Waals surface area (Å²) < 4.78 is 26.4. The van der Waals surface area contributed by atoms with Crippen LogP contribution >= 0.6 is 35.0 Å². The highest BCUT2D eigenvalue weighted by Gasteiger charge is 2.32. The van der Waals surface area contributed by atoms with Gasteiger partial charge < -0.3 is 4.90 Å². The van der Waals surface area contributed by atoms with Crippen molar-refractivity contribution in [1.82, 2.24) is 4.90 Å². The van der Waals surface area contributed by atoms with Crippen LogP contribution in [0.4, 0.5) is 8.78 Å². The van der Waals surface area contributed by atoms with E-state index < -0.39 is 11.6 Å². The monoisotopic (exact) mass is 373 g/mol. The third kappa shape index (κ3) is 3.32. The van der Waals surface area contributed by atoms with Gasteiger partial charge in [0.15, 0.2) is 11.6 Å². The molecule has 1 saturated heterocycles. The zero-order chi connectivity index (χ0) is 16.6. The molecular weight excluding hydrogens is 363 g/mol. The number of amides is 1. The Morgan fingerprint density at radius 1 is 1.13 bits per heavy atom. The van der Waals surface area contributed by atoms with Gasteiger partial charge in [-0.05, 0) is 30.3 Å². The first-order valence-electron chi connectivity index (χ1n) is 6.80. The normalized spacial score (nSPS) is 17.6. The molecule has 1 amide bonds. The minimum absolute atomic E-state index is 0.112. The lowest BCUT2D eigenvalue weighted by Gasteiger charge is -2.25. The second-order valence-electron chi connectivity index (χ2n) is 5.02. The Bertz CT molecular complexity index is 772. The van der Waals surface area contributed by atoms with Gasteiger partial charge in [0.2, 0.25) is 0 Å². The van der Waals surface area contributed by atoms with E-state index in [1.807, 2.05) is 0 Å². The SMILES string of the molecule is O=C(c1ccc(F)c(F)c1)N1CCSC1c1ccc(Cl)cc1Cl. The van der Waals surface area contributed by atoms with Crippen LogP contribution in [0, 0.1) is 11.6 Å². The molecule has 0 bridgehead atoms. The van der Waals surface area contributed by atoms with Crippen molar-refractivity contribution < 1.29 is 13.6 Å². The summed E-state index contributed by atoms with van der Waals surface area (Å²) in [5, 5.41) is 0.709. The van der Waals surface area contributed by atoms with Gasteiger partial charge >= 0.3 is 0 Å². The highest BCUT2D eigenvalue weighted by molar-refractivity contribution is 7.99. The fraction of sp³-hybridized carbons (Fsp3) is 0.188. The molecule has 0 radical (unpaired) electrons. The van der Waals surface area contributed by atoms with Gasteiger partial charge in [0.1, 0.15) is 5.37 Å². The van der Waals surface area contributed by atoms with Crippen molar-refractivity contribution in [3.05, 3.63) is 69.2 Å². The summed E-state index contributed by atoms with van der Waals surface area (Å²) in [7, 11) is 0. The lowest BCUT2D eigenvalue weighted by Crippen LogP contribution is -2.30. The van der Waals surface area contributed by atoms with Crippen molar-refractivity contribution >= 4 is 40.9 Å². The Morgan fingerprint density at radius 2 is 1.91 bits per heavy atom. The Labute approximate surface area is 146 Å². The number of rotatable bonds is 2. The zero-order valence-corrected chi connectivity index (χ0v) is 14.1. The molecule has 0 spiro atoms. The fourth-order valence-corrected chi connectivity index (χ4v) is 4.30. The molecule has 3 rings (SSSR count). The number of carbonyl (C=O) groups is 1. The van der Waals surface area contributed by atoms with Crippen molar-refractivity contribution in [2.24, 2.45) is 0 Å². The van der Waals surface area contributed by atoms with Crippen LogP contribution in [0.2, 0.25) is 10.0 Å². The van der Waals surface area contributed by atoms with Gasteiger partial charge in [-0.25, -0.2) is 8.78 Å². The van der Waals surface area contributed by atoms with Gasteiger partial charge in [-0.2, -0.15) is 0 Å². The molecule has 1 atom stereocenters. The fourth-order valence-electron chi connectivity index (χ4n) is 2.43. The summed E-state index contributed by atoms with van der Waals surface area (Å²) in [6, 6.07) is 8.26. The molecule has 2 aromatic rings. The molecule has 120 valence electrons. The van der Waals surface area contributed by atoms with Crippen LogP contribution in [-0.4, -0.2) is 23.1 Å². The summed E-state index contributed by atoms with van der Waals surface area (Å²) in [5.74, 6) is -1.64.